The number of amides is 2. The predicted octanol–water partition coefficient (Wildman–Crippen LogP) is 2.60. The van der Waals surface area contributed by atoms with Crippen molar-refractivity contribution in [1.29, 1.82) is 0 Å². The summed E-state index contributed by atoms with van der Waals surface area (Å²) in [7, 11) is 0. The molecule has 0 saturated heterocycles. The third-order valence-corrected chi connectivity index (χ3v) is 3.58. The molecular weight excluding hydrogens is 278 g/mol. The molecule has 0 radical (unpaired) electrons. The molecule has 1 aromatic carbocycles. The van der Waals surface area contributed by atoms with Crippen LogP contribution < -0.4 is 10.6 Å². The molecule has 0 spiro atoms. The van der Waals surface area contributed by atoms with Crippen LogP contribution in [0.5, 0.6) is 0 Å². The normalized spacial score (nSPS) is 15.0. The quantitative estimate of drug-likeness (QED) is 0.877. The van der Waals surface area contributed by atoms with Crippen LogP contribution in [0.25, 0.3) is 0 Å². The fourth-order valence-electron chi connectivity index (χ4n) is 2.43. The first-order valence-corrected chi connectivity index (χ1v) is 7.09. The Morgan fingerprint density at radius 2 is 1.86 bits per heavy atom. The molecule has 1 saturated carbocycles. The van der Waals surface area contributed by atoms with Gasteiger partial charge in [-0.15, -0.1) is 0 Å². The predicted molar refractivity (Wildman–Crippen MR) is 74.6 cm³/mol. The average molecular weight is 296 g/mol. The maximum atomic E-state index is 13.0. The van der Waals surface area contributed by atoms with Gasteiger partial charge >= 0.3 is 0 Å². The summed E-state index contributed by atoms with van der Waals surface area (Å²) in [5, 5.41) is 5.18. The summed E-state index contributed by atoms with van der Waals surface area (Å²) in [5.74, 6) is -2.26. The first-order chi connectivity index (χ1) is 10.1. The molecular formula is C15H18F2N2O2. The van der Waals surface area contributed by atoms with E-state index in [1.54, 1.807) is 0 Å². The van der Waals surface area contributed by atoms with Gasteiger partial charge in [0.1, 0.15) is 0 Å². The molecule has 0 heterocycles. The molecule has 1 aromatic rings. The third-order valence-electron chi connectivity index (χ3n) is 3.58. The number of nitrogens with one attached hydrogen (secondary N) is 2. The molecule has 0 atom stereocenters. The minimum Gasteiger partial charge on any atom is -0.355 e. The van der Waals surface area contributed by atoms with E-state index in [-0.39, 0.29) is 36.4 Å². The maximum absolute atomic E-state index is 13.0. The smallest absolute Gasteiger partial charge is 0.226 e. The zero-order valence-corrected chi connectivity index (χ0v) is 11.6. The molecule has 0 aliphatic heterocycles. The average Bonchev–Trinajstić information content (AvgIpc) is 2.97. The fourth-order valence-corrected chi connectivity index (χ4v) is 2.43. The summed E-state index contributed by atoms with van der Waals surface area (Å²) < 4.78 is 25.7. The van der Waals surface area contributed by atoms with Gasteiger partial charge in [0.25, 0.3) is 0 Å². The molecule has 21 heavy (non-hydrogen) atoms. The van der Waals surface area contributed by atoms with Crippen LogP contribution in [-0.4, -0.2) is 18.4 Å². The van der Waals surface area contributed by atoms with Crippen LogP contribution in [0.4, 0.5) is 14.5 Å². The van der Waals surface area contributed by atoms with E-state index in [0.29, 0.717) is 0 Å². The Balaban J connectivity index is 1.71. The monoisotopic (exact) mass is 296 g/mol. The van der Waals surface area contributed by atoms with Crippen LogP contribution in [0, 0.1) is 17.6 Å². The van der Waals surface area contributed by atoms with Crippen molar-refractivity contribution in [3.05, 3.63) is 29.8 Å². The number of halogens is 2. The molecule has 0 aromatic heterocycles. The van der Waals surface area contributed by atoms with Crippen molar-refractivity contribution in [2.24, 2.45) is 5.92 Å². The lowest BCUT2D eigenvalue weighted by Gasteiger charge is -2.10. The Hall–Kier alpha value is -1.98. The largest absolute Gasteiger partial charge is 0.355 e. The van der Waals surface area contributed by atoms with Gasteiger partial charge in [-0.25, -0.2) is 8.78 Å². The molecule has 2 amide bonds. The molecule has 0 unspecified atom stereocenters. The van der Waals surface area contributed by atoms with Crippen molar-refractivity contribution in [3.63, 3.8) is 0 Å². The summed E-state index contributed by atoms with van der Waals surface area (Å²) in [6.07, 6.45) is 4.07. The molecule has 1 aliphatic rings. The molecule has 0 bridgehead atoms. The van der Waals surface area contributed by atoms with E-state index in [1.165, 1.54) is 6.07 Å². The van der Waals surface area contributed by atoms with Crippen LogP contribution in [0.1, 0.15) is 32.1 Å². The van der Waals surface area contributed by atoms with Crippen LogP contribution in [0.2, 0.25) is 0 Å². The van der Waals surface area contributed by atoms with E-state index in [4.69, 9.17) is 0 Å². The minimum absolute atomic E-state index is 0.00636. The highest BCUT2D eigenvalue weighted by atomic mass is 19.2. The maximum Gasteiger partial charge on any atom is 0.226 e. The fraction of sp³-hybridized carbons (Fsp3) is 0.467. The number of carbonyl (C=O) groups is 2. The molecule has 6 heteroatoms. The van der Waals surface area contributed by atoms with Crippen LogP contribution >= 0.6 is 0 Å². The third kappa shape index (κ3) is 4.51. The van der Waals surface area contributed by atoms with Gasteiger partial charge in [0.15, 0.2) is 11.6 Å². The molecule has 114 valence electrons. The summed E-state index contributed by atoms with van der Waals surface area (Å²) >= 11 is 0. The summed E-state index contributed by atoms with van der Waals surface area (Å²) in [5.41, 5.74) is 0.195. The minimum atomic E-state index is -1.01. The van der Waals surface area contributed by atoms with Crippen molar-refractivity contribution in [2.75, 3.05) is 11.9 Å². The second kappa shape index (κ2) is 7.15. The van der Waals surface area contributed by atoms with Gasteiger partial charge in [0, 0.05) is 30.6 Å². The Morgan fingerprint density at radius 1 is 1.14 bits per heavy atom. The van der Waals surface area contributed by atoms with Crippen LogP contribution in [0.3, 0.4) is 0 Å². The van der Waals surface area contributed by atoms with Gasteiger partial charge in [0.05, 0.1) is 0 Å². The van der Waals surface area contributed by atoms with Gasteiger partial charge in [-0.3, -0.25) is 9.59 Å². The first-order valence-electron chi connectivity index (χ1n) is 7.09. The second-order valence-electron chi connectivity index (χ2n) is 5.20. The van der Waals surface area contributed by atoms with Gasteiger partial charge in [0.2, 0.25) is 11.8 Å². The number of carbonyl (C=O) groups excluding carboxylic acids is 2. The molecule has 4 nitrogen and oxygen atoms in total. The zero-order valence-electron chi connectivity index (χ0n) is 11.6. The highest BCUT2D eigenvalue weighted by Gasteiger charge is 2.22. The number of hydrogen-bond donors (Lipinski definition) is 2. The van der Waals surface area contributed by atoms with Gasteiger partial charge in [-0.1, -0.05) is 12.8 Å². The topological polar surface area (TPSA) is 58.2 Å². The van der Waals surface area contributed by atoms with E-state index >= 15 is 0 Å². The van der Waals surface area contributed by atoms with Crippen molar-refractivity contribution in [3.8, 4) is 0 Å². The van der Waals surface area contributed by atoms with E-state index in [9.17, 15) is 18.4 Å². The lowest BCUT2D eigenvalue weighted by molar-refractivity contribution is -0.124. The van der Waals surface area contributed by atoms with Crippen LogP contribution in [-0.2, 0) is 9.59 Å². The second-order valence-corrected chi connectivity index (χ2v) is 5.20. The summed E-state index contributed by atoms with van der Waals surface area (Å²) in [4.78, 5) is 23.4. The Kier molecular flexibility index (Phi) is 5.25. The Bertz CT molecular complexity index is 528. The van der Waals surface area contributed by atoms with Gasteiger partial charge in [-0.2, -0.15) is 0 Å². The SMILES string of the molecule is O=C(CCNC(=O)C1CCCC1)Nc1ccc(F)c(F)c1. The molecule has 2 rings (SSSR count). The Morgan fingerprint density at radius 3 is 2.52 bits per heavy atom. The number of hydrogen-bond acceptors (Lipinski definition) is 2. The van der Waals surface area contributed by atoms with Gasteiger partial charge in [-0.05, 0) is 25.0 Å². The highest BCUT2D eigenvalue weighted by molar-refractivity contribution is 5.91. The van der Waals surface area contributed by atoms with Crippen molar-refractivity contribution < 1.29 is 18.4 Å². The zero-order chi connectivity index (χ0) is 15.2. The van der Waals surface area contributed by atoms with Crippen molar-refractivity contribution in [2.45, 2.75) is 32.1 Å². The lowest BCUT2D eigenvalue weighted by Crippen LogP contribution is -2.32. The highest BCUT2D eigenvalue weighted by Crippen LogP contribution is 2.24. The van der Waals surface area contributed by atoms with Gasteiger partial charge < -0.3 is 10.6 Å². The van der Waals surface area contributed by atoms with Crippen molar-refractivity contribution >= 4 is 17.5 Å². The van der Waals surface area contributed by atoms with E-state index in [0.717, 1.165) is 37.8 Å². The van der Waals surface area contributed by atoms with E-state index < -0.39 is 11.6 Å². The Labute approximate surface area is 121 Å². The first kappa shape index (κ1) is 15.4. The number of anilines is 1. The number of rotatable bonds is 5. The summed E-state index contributed by atoms with van der Waals surface area (Å²) in [6, 6.07) is 3.16. The molecule has 1 fully saturated rings. The van der Waals surface area contributed by atoms with Crippen molar-refractivity contribution in [1.82, 2.24) is 5.32 Å². The standard InChI is InChI=1S/C15H18F2N2O2/c16-12-6-5-11(9-13(12)17)19-14(20)7-8-18-15(21)10-3-1-2-4-10/h5-6,9-10H,1-4,7-8H2,(H,18,21)(H,19,20). The van der Waals surface area contributed by atoms with E-state index in [1.807, 2.05) is 0 Å². The van der Waals surface area contributed by atoms with E-state index in [2.05, 4.69) is 10.6 Å². The molecule has 2 N–H and O–H groups in total. The molecule has 1 aliphatic carbocycles. The number of benzene rings is 1. The van der Waals surface area contributed by atoms with Crippen LogP contribution in [0.15, 0.2) is 18.2 Å². The summed E-state index contributed by atoms with van der Waals surface area (Å²) in [6.45, 7) is 0.241. The lowest BCUT2D eigenvalue weighted by atomic mass is 10.1.